The third-order valence-corrected chi connectivity index (χ3v) is 5.22. The van der Waals surface area contributed by atoms with E-state index in [1.165, 1.54) is 4.90 Å². The predicted molar refractivity (Wildman–Crippen MR) is 112 cm³/mol. The van der Waals surface area contributed by atoms with E-state index in [0.717, 1.165) is 23.3 Å². The van der Waals surface area contributed by atoms with Crippen LogP contribution in [0, 0.1) is 19.8 Å². The molecule has 0 aromatic heterocycles. The number of amides is 2. The van der Waals surface area contributed by atoms with Crippen molar-refractivity contribution >= 4 is 40.8 Å². The zero-order valence-electron chi connectivity index (χ0n) is 17.3. The van der Waals surface area contributed by atoms with Crippen molar-refractivity contribution in [1.82, 2.24) is 0 Å². The highest BCUT2D eigenvalue weighted by Crippen LogP contribution is 2.34. The number of aryl methyl sites for hydroxylation is 2. The summed E-state index contributed by atoms with van der Waals surface area (Å²) in [6, 6.07) is 8.13. The van der Waals surface area contributed by atoms with E-state index >= 15 is 0 Å². The highest BCUT2D eigenvalue weighted by Gasteiger charge is 2.36. The van der Waals surface area contributed by atoms with Crippen molar-refractivity contribution in [2.24, 2.45) is 5.92 Å². The summed E-state index contributed by atoms with van der Waals surface area (Å²) in [4.78, 5) is 38.3. The lowest BCUT2D eigenvalue weighted by Gasteiger charge is -2.18. The van der Waals surface area contributed by atoms with Crippen LogP contribution in [0.25, 0.3) is 0 Å². The molecule has 2 amide bonds. The van der Waals surface area contributed by atoms with Gasteiger partial charge in [0.25, 0.3) is 5.91 Å². The molecule has 2 aromatic carbocycles. The van der Waals surface area contributed by atoms with Gasteiger partial charge in [-0.15, -0.1) is 0 Å². The molecule has 0 aliphatic carbocycles. The largest absolute Gasteiger partial charge is 0.455 e. The fraction of sp³-hybridized carbons (Fsp3) is 0.318. The molecule has 0 spiro atoms. The van der Waals surface area contributed by atoms with Gasteiger partial charge in [-0.3, -0.25) is 14.4 Å². The second-order valence-corrected chi connectivity index (χ2v) is 8.01. The Hall–Kier alpha value is -3.07. The predicted octanol–water partition coefficient (Wildman–Crippen LogP) is 4.51. The maximum Gasteiger partial charge on any atom is 0.416 e. The van der Waals surface area contributed by atoms with Crippen LogP contribution < -0.4 is 10.2 Å². The average molecular weight is 469 g/mol. The van der Waals surface area contributed by atoms with E-state index in [-0.39, 0.29) is 29.6 Å². The maximum atomic E-state index is 12.8. The Balaban J connectivity index is 1.58. The fourth-order valence-corrected chi connectivity index (χ4v) is 3.62. The number of alkyl halides is 3. The summed E-state index contributed by atoms with van der Waals surface area (Å²) in [5.41, 5.74) is 1.40. The second kappa shape index (κ2) is 9.20. The zero-order valence-corrected chi connectivity index (χ0v) is 18.0. The molecular weight excluding hydrogens is 449 g/mol. The number of halogens is 4. The Morgan fingerprint density at radius 1 is 1.16 bits per heavy atom. The number of nitrogens with zero attached hydrogens (tertiary/aromatic N) is 1. The standard InChI is InChI=1S/C22H20ClF3N2O4/c1-12-5-13(2)7-16(6-12)28-10-14(8-20(28)30)21(31)32-11-19(29)27-18-9-15(22(24,25)26)3-4-17(18)23/h3-7,9,14H,8,10-11H2,1-2H3,(H,27,29)/t14-/m0/s1. The van der Waals surface area contributed by atoms with Gasteiger partial charge in [0.2, 0.25) is 5.91 Å². The SMILES string of the molecule is Cc1cc(C)cc(N2C[C@@H](C(=O)OCC(=O)Nc3cc(C(F)(F)F)ccc3Cl)CC2=O)c1. The lowest BCUT2D eigenvalue weighted by Crippen LogP contribution is -2.28. The van der Waals surface area contributed by atoms with Gasteiger partial charge in [-0.1, -0.05) is 17.7 Å². The van der Waals surface area contributed by atoms with Crippen LogP contribution in [0.5, 0.6) is 0 Å². The summed E-state index contributed by atoms with van der Waals surface area (Å²) in [7, 11) is 0. The molecule has 1 aliphatic rings. The number of hydrogen-bond donors (Lipinski definition) is 1. The number of rotatable bonds is 5. The minimum absolute atomic E-state index is 0.0626. The number of hydrogen-bond acceptors (Lipinski definition) is 4. The Bertz CT molecular complexity index is 1050. The van der Waals surface area contributed by atoms with Crippen LogP contribution in [0.2, 0.25) is 5.02 Å². The van der Waals surface area contributed by atoms with Gasteiger partial charge in [0.15, 0.2) is 6.61 Å². The lowest BCUT2D eigenvalue weighted by atomic mass is 10.1. The molecule has 1 aliphatic heterocycles. The molecule has 0 radical (unpaired) electrons. The molecule has 1 saturated heterocycles. The van der Waals surface area contributed by atoms with E-state index in [0.29, 0.717) is 11.8 Å². The zero-order chi connectivity index (χ0) is 23.6. The van der Waals surface area contributed by atoms with Crippen molar-refractivity contribution in [1.29, 1.82) is 0 Å². The minimum atomic E-state index is -4.60. The first-order chi connectivity index (χ1) is 14.9. The van der Waals surface area contributed by atoms with Crippen molar-refractivity contribution in [2.75, 3.05) is 23.4 Å². The lowest BCUT2D eigenvalue weighted by molar-refractivity contribution is -0.151. The first-order valence-electron chi connectivity index (χ1n) is 9.66. The van der Waals surface area contributed by atoms with E-state index < -0.39 is 36.1 Å². The molecule has 10 heteroatoms. The molecule has 1 heterocycles. The highest BCUT2D eigenvalue weighted by atomic mass is 35.5. The molecule has 0 unspecified atom stereocenters. The molecule has 2 aromatic rings. The normalized spacial score (nSPS) is 16.2. The van der Waals surface area contributed by atoms with E-state index in [2.05, 4.69) is 5.32 Å². The average Bonchev–Trinajstić information content (AvgIpc) is 3.08. The fourth-order valence-electron chi connectivity index (χ4n) is 3.46. The Labute approximate surface area is 187 Å². The quantitative estimate of drug-likeness (QED) is 0.655. The van der Waals surface area contributed by atoms with E-state index in [1.807, 2.05) is 32.0 Å². The number of carbonyl (C=O) groups excluding carboxylic acids is 3. The van der Waals surface area contributed by atoms with Crippen LogP contribution in [0.1, 0.15) is 23.1 Å². The minimum Gasteiger partial charge on any atom is -0.455 e. The Kier molecular flexibility index (Phi) is 6.78. The number of carbonyl (C=O) groups is 3. The van der Waals surface area contributed by atoms with Crippen LogP contribution in [-0.2, 0) is 25.3 Å². The summed E-state index contributed by atoms with van der Waals surface area (Å²) in [6.45, 7) is 3.19. The summed E-state index contributed by atoms with van der Waals surface area (Å²) in [5, 5.41) is 2.10. The summed E-state index contributed by atoms with van der Waals surface area (Å²) in [5.74, 6) is -2.59. The summed E-state index contributed by atoms with van der Waals surface area (Å²) >= 11 is 5.84. The van der Waals surface area contributed by atoms with Crippen molar-refractivity contribution in [2.45, 2.75) is 26.4 Å². The van der Waals surface area contributed by atoms with E-state index in [9.17, 15) is 27.6 Å². The van der Waals surface area contributed by atoms with Crippen LogP contribution in [-0.4, -0.2) is 30.9 Å². The van der Waals surface area contributed by atoms with Gasteiger partial charge in [-0.2, -0.15) is 13.2 Å². The van der Waals surface area contributed by atoms with Crippen LogP contribution in [0.4, 0.5) is 24.5 Å². The first-order valence-corrected chi connectivity index (χ1v) is 10.0. The molecule has 1 N–H and O–H groups in total. The van der Waals surface area contributed by atoms with Crippen molar-refractivity contribution in [3.05, 3.63) is 58.1 Å². The summed E-state index contributed by atoms with van der Waals surface area (Å²) in [6.07, 6.45) is -4.67. The van der Waals surface area contributed by atoms with Gasteiger partial charge in [-0.25, -0.2) is 0 Å². The van der Waals surface area contributed by atoms with E-state index in [1.54, 1.807) is 0 Å². The van der Waals surface area contributed by atoms with Crippen LogP contribution >= 0.6 is 11.6 Å². The molecule has 0 saturated carbocycles. The Morgan fingerprint density at radius 2 is 1.81 bits per heavy atom. The maximum absolute atomic E-state index is 12.8. The Morgan fingerprint density at radius 3 is 2.44 bits per heavy atom. The molecule has 1 atom stereocenters. The van der Waals surface area contributed by atoms with Crippen molar-refractivity contribution in [3.8, 4) is 0 Å². The molecule has 32 heavy (non-hydrogen) atoms. The third kappa shape index (κ3) is 5.59. The van der Waals surface area contributed by atoms with Gasteiger partial charge in [0.05, 0.1) is 22.2 Å². The molecule has 1 fully saturated rings. The first kappa shape index (κ1) is 23.6. The molecule has 6 nitrogen and oxygen atoms in total. The number of esters is 1. The van der Waals surface area contributed by atoms with Crippen LogP contribution in [0.3, 0.4) is 0 Å². The topological polar surface area (TPSA) is 75.7 Å². The number of nitrogens with one attached hydrogen (secondary N) is 1. The number of anilines is 2. The molecule has 3 rings (SSSR count). The van der Waals surface area contributed by atoms with Crippen molar-refractivity contribution in [3.63, 3.8) is 0 Å². The second-order valence-electron chi connectivity index (χ2n) is 7.60. The number of ether oxygens (including phenoxy) is 1. The van der Waals surface area contributed by atoms with E-state index in [4.69, 9.17) is 16.3 Å². The summed E-state index contributed by atoms with van der Waals surface area (Å²) < 4.78 is 43.5. The molecule has 0 bridgehead atoms. The molecular formula is C22H20ClF3N2O4. The highest BCUT2D eigenvalue weighted by molar-refractivity contribution is 6.33. The smallest absolute Gasteiger partial charge is 0.416 e. The van der Waals surface area contributed by atoms with Gasteiger partial charge in [0, 0.05) is 18.7 Å². The third-order valence-electron chi connectivity index (χ3n) is 4.89. The van der Waals surface area contributed by atoms with Gasteiger partial charge in [-0.05, 0) is 55.3 Å². The van der Waals surface area contributed by atoms with Gasteiger partial charge < -0.3 is 15.0 Å². The number of benzene rings is 2. The monoisotopic (exact) mass is 468 g/mol. The van der Waals surface area contributed by atoms with Gasteiger partial charge in [0.1, 0.15) is 0 Å². The van der Waals surface area contributed by atoms with Crippen molar-refractivity contribution < 1.29 is 32.3 Å². The van der Waals surface area contributed by atoms with Gasteiger partial charge >= 0.3 is 12.1 Å². The molecule has 170 valence electrons. The van der Waals surface area contributed by atoms with Crippen LogP contribution in [0.15, 0.2) is 36.4 Å².